The lowest BCUT2D eigenvalue weighted by Gasteiger charge is -2.40. The van der Waals surface area contributed by atoms with E-state index >= 15 is 0 Å². The summed E-state index contributed by atoms with van der Waals surface area (Å²) in [5.74, 6) is -0.0723. The Kier molecular flexibility index (Phi) is 7.08. The number of halogens is 2. The number of likely N-dealkylation sites (tertiary alicyclic amines) is 1. The lowest BCUT2D eigenvalue weighted by atomic mass is 9.88. The van der Waals surface area contributed by atoms with Crippen molar-refractivity contribution in [2.75, 3.05) is 38.7 Å². The highest BCUT2D eigenvalue weighted by atomic mass is 19.3. The van der Waals surface area contributed by atoms with Gasteiger partial charge in [-0.3, -0.25) is 9.48 Å². The topological polar surface area (TPSA) is 151 Å². The number of methoxy groups -OCH3 is 1. The van der Waals surface area contributed by atoms with Crippen LogP contribution >= 0.6 is 0 Å². The summed E-state index contributed by atoms with van der Waals surface area (Å²) < 4.78 is 35.8. The Morgan fingerprint density at radius 3 is 2.66 bits per heavy atom. The molecule has 2 aromatic heterocycles. The smallest absolute Gasteiger partial charge is 0.409 e. The quantitative estimate of drug-likeness (QED) is 0.541. The van der Waals surface area contributed by atoms with E-state index in [1.165, 1.54) is 24.4 Å². The molecule has 5 N–H and O–H groups in total. The Morgan fingerprint density at radius 1 is 1.34 bits per heavy atom. The zero-order chi connectivity index (χ0) is 23.3. The van der Waals surface area contributed by atoms with Gasteiger partial charge < -0.3 is 31.2 Å². The number of amides is 2. The van der Waals surface area contributed by atoms with Crippen molar-refractivity contribution in [1.29, 1.82) is 0 Å². The minimum atomic E-state index is -2.73. The van der Waals surface area contributed by atoms with Gasteiger partial charge in [-0.15, -0.1) is 0 Å². The van der Waals surface area contributed by atoms with Crippen LogP contribution < -0.4 is 21.5 Å². The first kappa shape index (κ1) is 23.2. The monoisotopic (exact) mass is 453 g/mol. The lowest BCUT2D eigenvalue weighted by molar-refractivity contribution is 0.0207. The molecule has 0 atom stereocenters. The van der Waals surface area contributed by atoms with Crippen LogP contribution in [0.1, 0.15) is 23.2 Å². The fraction of sp³-hybridized carbons (Fsp3) is 0.474. The van der Waals surface area contributed by atoms with Crippen LogP contribution in [0.5, 0.6) is 5.88 Å². The molecule has 0 unspecified atom stereocenters. The highest BCUT2D eigenvalue weighted by Crippen LogP contribution is 2.32. The Balaban J connectivity index is 1.79. The normalized spacial score (nSPS) is 15.5. The van der Waals surface area contributed by atoms with Crippen molar-refractivity contribution in [3.8, 4) is 5.88 Å². The molecule has 13 heteroatoms. The minimum absolute atomic E-state index is 0.160. The summed E-state index contributed by atoms with van der Waals surface area (Å²) in [5.41, 5.74) is 11.7. The Morgan fingerprint density at radius 2 is 2.06 bits per heavy atom. The number of carbonyl (C=O) groups excluding carboxylic acids is 2. The number of aromatic nitrogens is 3. The molecule has 0 radical (unpaired) electrons. The number of anilines is 2. The predicted molar refractivity (Wildman–Crippen MR) is 110 cm³/mol. The molecule has 11 nitrogen and oxygen atoms in total. The zero-order valence-corrected chi connectivity index (χ0v) is 17.5. The number of nitrogens with one attached hydrogen (secondary N) is 1. The van der Waals surface area contributed by atoms with Gasteiger partial charge in [-0.25, -0.2) is 18.6 Å². The van der Waals surface area contributed by atoms with E-state index in [9.17, 15) is 18.4 Å². The third kappa shape index (κ3) is 5.04. The van der Waals surface area contributed by atoms with E-state index in [1.54, 1.807) is 16.8 Å². The van der Waals surface area contributed by atoms with Gasteiger partial charge in [0.1, 0.15) is 5.56 Å². The molecule has 32 heavy (non-hydrogen) atoms. The number of hydrogen-bond donors (Lipinski definition) is 3. The number of rotatable bonds is 8. The fourth-order valence-electron chi connectivity index (χ4n) is 3.48. The molecule has 1 aliphatic heterocycles. The lowest BCUT2D eigenvalue weighted by Crippen LogP contribution is -2.52. The summed E-state index contributed by atoms with van der Waals surface area (Å²) in [6.45, 7) is -0.312. The summed E-state index contributed by atoms with van der Waals surface area (Å²) >= 11 is 0. The summed E-state index contributed by atoms with van der Waals surface area (Å²) in [5, 5.41) is 7.54. The van der Waals surface area contributed by atoms with E-state index in [0.717, 1.165) is 0 Å². The number of nitrogens with two attached hydrogens (primary N) is 2. The standard InChI is InChI=1S/C19H25F2N7O4/c1-31-15-8-12(2-5-24-15)25-17-13(16(23)29)9-28(26-17)19(11-22)3-6-27(7-4-19)18(30)32-10-14(20)21/h2,5,8-9,14H,3-4,6-7,10-11,22H2,1H3,(H2,23,29)(H,24,25,26). The molecule has 0 bridgehead atoms. The maximum absolute atomic E-state index is 12.3. The van der Waals surface area contributed by atoms with Gasteiger partial charge in [0.15, 0.2) is 12.4 Å². The first-order valence-corrected chi connectivity index (χ1v) is 9.85. The number of alkyl halides is 2. The predicted octanol–water partition coefficient (Wildman–Crippen LogP) is 1.28. The molecule has 1 aliphatic rings. The van der Waals surface area contributed by atoms with Crippen molar-refractivity contribution in [1.82, 2.24) is 19.7 Å². The van der Waals surface area contributed by atoms with Crippen molar-refractivity contribution in [3.05, 3.63) is 30.1 Å². The van der Waals surface area contributed by atoms with Crippen LogP contribution in [-0.4, -0.2) is 71.4 Å². The van der Waals surface area contributed by atoms with Crippen LogP contribution in [0.15, 0.2) is 24.5 Å². The summed E-state index contributed by atoms with van der Waals surface area (Å²) in [4.78, 5) is 29.4. The minimum Gasteiger partial charge on any atom is -0.481 e. The van der Waals surface area contributed by atoms with Gasteiger partial charge in [0.25, 0.3) is 12.3 Å². The number of hydrogen-bond acceptors (Lipinski definition) is 8. The molecule has 3 rings (SSSR count). The summed E-state index contributed by atoms with van der Waals surface area (Å²) in [7, 11) is 1.48. The van der Waals surface area contributed by atoms with Gasteiger partial charge in [-0.2, -0.15) is 5.10 Å². The van der Waals surface area contributed by atoms with E-state index in [1.807, 2.05) is 0 Å². The number of carbonyl (C=O) groups is 2. The molecule has 1 saturated heterocycles. The van der Waals surface area contributed by atoms with Gasteiger partial charge in [0.2, 0.25) is 5.88 Å². The van der Waals surface area contributed by atoms with Gasteiger partial charge in [0.05, 0.1) is 12.6 Å². The first-order valence-electron chi connectivity index (χ1n) is 9.85. The number of pyridine rings is 1. The zero-order valence-electron chi connectivity index (χ0n) is 17.5. The van der Waals surface area contributed by atoms with Crippen LogP contribution in [0.3, 0.4) is 0 Å². The van der Waals surface area contributed by atoms with Gasteiger partial charge in [-0.05, 0) is 18.9 Å². The van der Waals surface area contributed by atoms with E-state index in [-0.39, 0.29) is 31.0 Å². The van der Waals surface area contributed by atoms with E-state index in [2.05, 4.69) is 20.1 Å². The number of nitrogens with zero attached hydrogens (tertiary/aromatic N) is 4. The largest absolute Gasteiger partial charge is 0.481 e. The first-order chi connectivity index (χ1) is 15.3. The van der Waals surface area contributed by atoms with E-state index < -0.39 is 30.6 Å². The third-order valence-electron chi connectivity index (χ3n) is 5.34. The second kappa shape index (κ2) is 9.77. The summed E-state index contributed by atoms with van der Waals surface area (Å²) in [6, 6.07) is 3.31. The molecule has 2 aromatic rings. The number of piperidine rings is 1. The van der Waals surface area contributed by atoms with Crippen molar-refractivity contribution in [2.45, 2.75) is 24.8 Å². The molecule has 1 fully saturated rings. The fourth-order valence-corrected chi connectivity index (χ4v) is 3.48. The molecule has 0 aliphatic carbocycles. The maximum Gasteiger partial charge on any atom is 0.409 e. The molecular weight excluding hydrogens is 428 g/mol. The van der Waals surface area contributed by atoms with Crippen LogP contribution in [0, 0.1) is 0 Å². The van der Waals surface area contributed by atoms with Crippen LogP contribution in [0.25, 0.3) is 0 Å². The Labute approximate surface area is 182 Å². The van der Waals surface area contributed by atoms with Gasteiger partial charge in [0, 0.05) is 43.8 Å². The molecule has 174 valence electrons. The molecule has 0 saturated carbocycles. The van der Waals surface area contributed by atoms with Crippen LogP contribution in [0.4, 0.5) is 25.1 Å². The Bertz CT molecular complexity index is 961. The van der Waals surface area contributed by atoms with Crippen molar-refractivity contribution < 1.29 is 27.8 Å². The average Bonchev–Trinajstić information content (AvgIpc) is 3.22. The maximum atomic E-state index is 12.3. The summed E-state index contributed by atoms with van der Waals surface area (Å²) in [6.07, 6.45) is 0.288. The number of primary amides is 1. The SMILES string of the molecule is COc1cc(Nc2nn(C3(CN)CCN(C(=O)OCC(F)F)CC3)cc2C(N)=O)ccn1. The van der Waals surface area contributed by atoms with Crippen molar-refractivity contribution in [2.24, 2.45) is 11.5 Å². The van der Waals surface area contributed by atoms with Crippen molar-refractivity contribution in [3.63, 3.8) is 0 Å². The molecular formula is C19H25F2N7O4. The molecule has 0 spiro atoms. The van der Waals surface area contributed by atoms with E-state index in [0.29, 0.717) is 24.4 Å². The van der Waals surface area contributed by atoms with Crippen LogP contribution in [0.2, 0.25) is 0 Å². The third-order valence-corrected chi connectivity index (χ3v) is 5.34. The second-order valence-corrected chi connectivity index (χ2v) is 7.30. The highest BCUT2D eigenvalue weighted by molar-refractivity contribution is 5.98. The molecule has 0 aromatic carbocycles. The van der Waals surface area contributed by atoms with Gasteiger partial charge in [-0.1, -0.05) is 0 Å². The molecule has 3 heterocycles. The number of ether oxygens (including phenoxy) is 2. The van der Waals surface area contributed by atoms with Gasteiger partial charge >= 0.3 is 6.09 Å². The van der Waals surface area contributed by atoms with Crippen molar-refractivity contribution >= 4 is 23.5 Å². The average molecular weight is 453 g/mol. The molecule has 2 amide bonds. The Hall–Kier alpha value is -3.48. The van der Waals surface area contributed by atoms with Crippen LogP contribution in [-0.2, 0) is 10.3 Å². The highest BCUT2D eigenvalue weighted by Gasteiger charge is 2.38. The second-order valence-electron chi connectivity index (χ2n) is 7.30. The van der Waals surface area contributed by atoms with E-state index in [4.69, 9.17) is 16.2 Å².